The first kappa shape index (κ1) is 16.4. The van der Waals surface area contributed by atoms with Crippen LogP contribution in [-0.2, 0) is 11.3 Å². The molecule has 108 valence electrons. The standard InChI is InChI=1S/C14H21F2NOS/c1-14(2,3)17-9-10-7-11(15)13(12(16)8-10)19-6-5-18-4/h7-8,17H,5-6,9H2,1-4H3. The van der Waals surface area contributed by atoms with Crippen LogP contribution in [0.3, 0.4) is 0 Å². The summed E-state index contributed by atoms with van der Waals surface area (Å²) in [6.45, 7) is 6.94. The van der Waals surface area contributed by atoms with Gasteiger partial charge in [0.05, 0.1) is 11.5 Å². The molecule has 0 aliphatic carbocycles. The number of rotatable bonds is 6. The minimum absolute atomic E-state index is 0.0663. The molecule has 0 atom stereocenters. The first-order valence-corrected chi connectivity index (χ1v) is 7.17. The molecule has 1 N–H and O–H groups in total. The summed E-state index contributed by atoms with van der Waals surface area (Å²) in [5, 5.41) is 3.20. The molecule has 1 aromatic rings. The van der Waals surface area contributed by atoms with Gasteiger partial charge in [-0.25, -0.2) is 8.78 Å². The van der Waals surface area contributed by atoms with Crippen LogP contribution in [0.4, 0.5) is 8.78 Å². The van der Waals surface area contributed by atoms with Gasteiger partial charge >= 0.3 is 0 Å². The number of benzene rings is 1. The second-order valence-electron chi connectivity index (χ2n) is 5.33. The largest absolute Gasteiger partial charge is 0.384 e. The maximum Gasteiger partial charge on any atom is 0.140 e. The molecule has 5 heteroatoms. The van der Waals surface area contributed by atoms with E-state index in [1.54, 1.807) is 7.11 Å². The van der Waals surface area contributed by atoms with Crippen LogP contribution in [0.5, 0.6) is 0 Å². The molecule has 19 heavy (non-hydrogen) atoms. The van der Waals surface area contributed by atoms with Crippen LogP contribution in [0.1, 0.15) is 26.3 Å². The van der Waals surface area contributed by atoms with Gasteiger partial charge in [-0.3, -0.25) is 0 Å². The molecule has 0 unspecified atom stereocenters. The highest BCUT2D eigenvalue weighted by atomic mass is 32.2. The van der Waals surface area contributed by atoms with Crippen molar-refractivity contribution in [1.29, 1.82) is 0 Å². The minimum atomic E-state index is -0.508. The Labute approximate surface area is 117 Å². The number of hydrogen-bond donors (Lipinski definition) is 1. The number of ether oxygens (including phenoxy) is 1. The number of halogens is 2. The summed E-state index contributed by atoms with van der Waals surface area (Å²) >= 11 is 1.14. The summed E-state index contributed by atoms with van der Waals surface area (Å²) in [4.78, 5) is 0.0663. The Kier molecular flexibility index (Phi) is 6.23. The van der Waals surface area contributed by atoms with E-state index < -0.39 is 11.6 Å². The SMILES string of the molecule is COCCSc1c(F)cc(CNC(C)(C)C)cc1F. The van der Waals surface area contributed by atoms with Crippen LogP contribution in [0.25, 0.3) is 0 Å². The molecule has 0 saturated heterocycles. The van der Waals surface area contributed by atoms with E-state index in [1.165, 1.54) is 12.1 Å². The molecule has 0 bridgehead atoms. The quantitative estimate of drug-likeness (QED) is 0.639. The Bertz CT molecular complexity index is 395. The summed E-state index contributed by atoms with van der Waals surface area (Å²) in [5.74, 6) is -0.483. The fraction of sp³-hybridized carbons (Fsp3) is 0.571. The van der Waals surface area contributed by atoms with Gasteiger partial charge in [-0.2, -0.15) is 0 Å². The molecule has 0 spiro atoms. The predicted molar refractivity (Wildman–Crippen MR) is 75.6 cm³/mol. The molecule has 1 rings (SSSR count). The van der Waals surface area contributed by atoms with Crippen molar-refractivity contribution in [3.8, 4) is 0 Å². The Balaban J connectivity index is 2.73. The molecule has 0 amide bonds. The van der Waals surface area contributed by atoms with Gasteiger partial charge < -0.3 is 10.1 Å². The van der Waals surface area contributed by atoms with Crippen molar-refractivity contribution in [1.82, 2.24) is 5.32 Å². The zero-order valence-corrected chi connectivity index (χ0v) is 12.7. The maximum atomic E-state index is 13.8. The smallest absolute Gasteiger partial charge is 0.140 e. The zero-order valence-electron chi connectivity index (χ0n) is 11.8. The first-order chi connectivity index (χ1) is 8.83. The van der Waals surface area contributed by atoms with Gasteiger partial charge in [-0.05, 0) is 38.5 Å². The Morgan fingerprint density at radius 2 is 1.79 bits per heavy atom. The lowest BCUT2D eigenvalue weighted by molar-refractivity contribution is 0.218. The van der Waals surface area contributed by atoms with E-state index in [0.717, 1.165) is 11.8 Å². The van der Waals surface area contributed by atoms with Crippen LogP contribution >= 0.6 is 11.8 Å². The van der Waals surface area contributed by atoms with Gasteiger partial charge in [0.15, 0.2) is 0 Å². The third kappa shape index (κ3) is 5.89. The number of thioether (sulfide) groups is 1. The van der Waals surface area contributed by atoms with Gasteiger partial charge in [0.2, 0.25) is 0 Å². The van der Waals surface area contributed by atoms with Crippen LogP contribution in [0.15, 0.2) is 17.0 Å². The maximum absolute atomic E-state index is 13.8. The summed E-state index contributed by atoms with van der Waals surface area (Å²) in [6, 6.07) is 2.77. The third-order valence-electron chi connectivity index (χ3n) is 2.41. The Morgan fingerprint density at radius 1 is 1.21 bits per heavy atom. The van der Waals surface area contributed by atoms with Crippen molar-refractivity contribution >= 4 is 11.8 Å². The van der Waals surface area contributed by atoms with Gasteiger partial charge in [0.25, 0.3) is 0 Å². The second kappa shape index (κ2) is 7.22. The lowest BCUT2D eigenvalue weighted by atomic mass is 10.1. The third-order valence-corrected chi connectivity index (χ3v) is 3.46. The lowest BCUT2D eigenvalue weighted by Gasteiger charge is -2.20. The van der Waals surface area contributed by atoms with Crippen molar-refractivity contribution in [2.24, 2.45) is 0 Å². The molecule has 0 saturated carbocycles. The normalized spacial score (nSPS) is 11.9. The molecule has 0 aliphatic heterocycles. The van der Waals surface area contributed by atoms with E-state index >= 15 is 0 Å². The van der Waals surface area contributed by atoms with Gasteiger partial charge in [0, 0.05) is 24.9 Å². The van der Waals surface area contributed by atoms with Crippen molar-refractivity contribution < 1.29 is 13.5 Å². The minimum Gasteiger partial charge on any atom is -0.384 e. The van der Waals surface area contributed by atoms with Gasteiger partial charge in [-0.15, -0.1) is 11.8 Å². The van der Waals surface area contributed by atoms with Crippen LogP contribution in [0, 0.1) is 11.6 Å². The van der Waals surface area contributed by atoms with Crippen molar-refractivity contribution in [3.05, 3.63) is 29.3 Å². The van der Waals surface area contributed by atoms with Crippen LogP contribution in [0.2, 0.25) is 0 Å². The Morgan fingerprint density at radius 3 is 2.26 bits per heavy atom. The highest BCUT2D eigenvalue weighted by Crippen LogP contribution is 2.26. The van der Waals surface area contributed by atoms with Crippen LogP contribution < -0.4 is 5.32 Å². The molecule has 0 aliphatic rings. The molecule has 0 radical (unpaired) electrons. The average molecular weight is 289 g/mol. The van der Waals surface area contributed by atoms with Crippen molar-refractivity contribution in [2.45, 2.75) is 37.8 Å². The number of hydrogen-bond acceptors (Lipinski definition) is 3. The fourth-order valence-corrected chi connectivity index (χ4v) is 2.29. The highest BCUT2D eigenvalue weighted by molar-refractivity contribution is 7.99. The van der Waals surface area contributed by atoms with Crippen LogP contribution in [-0.4, -0.2) is 25.0 Å². The molecule has 2 nitrogen and oxygen atoms in total. The molecule has 1 aromatic carbocycles. The summed E-state index contributed by atoms with van der Waals surface area (Å²) in [7, 11) is 1.56. The number of methoxy groups -OCH3 is 1. The summed E-state index contributed by atoms with van der Waals surface area (Å²) in [6.07, 6.45) is 0. The van der Waals surface area contributed by atoms with Crippen molar-refractivity contribution in [2.75, 3.05) is 19.5 Å². The fourth-order valence-electron chi connectivity index (χ4n) is 1.45. The first-order valence-electron chi connectivity index (χ1n) is 6.18. The summed E-state index contributed by atoms with van der Waals surface area (Å²) < 4.78 is 32.5. The number of nitrogens with one attached hydrogen (secondary N) is 1. The second-order valence-corrected chi connectivity index (χ2v) is 6.44. The van der Waals surface area contributed by atoms with E-state index in [-0.39, 0.29) is 10.4 Å². The molecule has 0 heterocycles. The summed E-state index contributed by atoms with van der Waals surface area (Å²) in [5.41, 5.74) is 0.528. The predicted octanol–water partition coefficient (Wildman–Crippen LogP) is 3.59. The van der Waals surface area contributed by atoms with Gasteiger partial charge in [0.1, 0.15) is 11.6 Å². The van der Waals surface area contributed by atoms with E-state index in [1.807, 2.05) is 20.8 Å². The van der Waals surface area contributed by atoms with E-state index in [4.69, 9.17) is 4.74 Å². The van der Waals surface area contributed by atoms with E-state index in [0.29, 0.717) is 24.5 Å². The molecular formula is C14H21F2NOS. The molecule has 0 fully saturated rings. The lowest BCUT2D eigenvalue weighted by Crippen LogP contribution is -2.35. The zero-order chi connectivity index (χ0) is 14.5. The Hall–Kier alpha value is -0.650. The highest BCUT2D eigenvalue weighted by Gasteiger charge is 2.13. The van der Waals surface area contributed by atoms with Crippen molar-refractivity contribution in [3.63, 3.8) is 0 Å². The molecular weight excluding hydrogens is 268 g/mol. The topological polar surface area (TPSA) is 21.3 Å². The van der Waals surface area contributed by atoms with E-state index in [9.17, 15) is 8.78 Å². The molecule has 0 aromatic heterocycles. The van der Waals surface area contributed by atoms with Gasteiger partial charge in [-0.1, -0.05) is 0 Å². The van der Waals surface area contributed by atoms with E-state index in [2.05, 4.69) is 5.32 Å². The monoisotopic (exact) mass is 289 g/mol. The average Bonchev–Trinajstić information content (AvgIpc) is 2.29.